The van der Waals surface area contributed by atoms with Crippen molar-refractivity contribution in [2.45, 2.75) is 6.42 Å². The third-order valence-electron chi connectivity index (χ3n) is 2.21. The van der Waals surface area contributed by atoms with Gasteiger partial charge in [0.1, 0.15) is 5.52 Å². The highest BCUT2D eigenvalue weighted by Crippen LogP contribution is 2.20. The lowest BCUT2D eigenvalue weighted by molar-refractivity contribution is 0.171. The minimum atomic E-state index is 0.492. The van der Waals surface area contributed by atoms with Gasteiger partial charge in [-0.2, -0.15) is 9.97 Å². The highest BCUT2D eigenvalue weighted by molar-refractivity contribution is 5.76. The molecule has 2 rings (SSSR count). The van der Waals surface area contributed by atoms with Gasteiger partial charge >= 0.3 is 0 Å². The topological polar surface area (TPSA) is 85.0 Å². The highest BCUT2D eigenvalue weighted by atomic mass is 16.5. The fraction of sp³-hybridized carbons (Fsp3) is 0.500. The number of anilines is 1. The number of rotatable bonds is 6. The van der Waals surface area contributed by atoms with Crippen LogP contribution in [0.25, 0.3) is 11.2 Å². The Labute approximate surface area is 98.6 Å². The van der Waals surface area contributed by atoms with Crippen molar-refractivity contribution in [3.05, 3.63) is 6.33 Å². The molecule has 92 valence electrons. The van der Waals surface area contributed by atoms with Crippen molar-refractivity contribution < 1.29 is 9.47 Å². The number of hydrogen-bond donors (Lipinski definition) is 2. The van der Waals surface area contributed by atoms with Crippen molar-refractivity contribution in [3.63, 3.8) is 0 Å². The maximum atomic E-state index is 5.58. The molecule has 0 fully saturated rings. The SMILES string of the molecule is CNc1nc(OCCCOC)c2[nH]cnc2n1. The predicted octanol–water partition coefficient (Wildman–Crippen LogP) is 0.810. The molecule has 7 nitrogen and oxygen atoms in total. The Hall–Kier alpha value is -1.89. The fourth-order valence-electron chi connectivity index (χ4n) is 1.39. The van der Waals surface area contributed by atoms with Gasteiger partial charge in [-0.15, -0.1) is 0 Å². The molecular weight excluding hydrogens is 222 g/mol. The van der Waals surface area contributed by atoms with E-state index in [9.17, 15) is 0 Å². The van der Waals surface area contributed by atoms with Crippen LogP contribution in [-0.2, 0) is 4.74 Å². The molecule has 7 heteroatoms. The number of fused-ring (bicyclic) bond motifs is 1. The lowest BCUT2D eigenvalue weighted by Gasteiger charge is -2.06. The minimum absolute atomic E-state index is 0.492. The van der Waals surface area contributed by atoms with Crippen LogP contribution in [0.3, 0.4) is 0 Å². The van der Waals surface area contributed by atoms with Gasteiger partial charge in [0.2, 0.25) is 11.8 Å². The van der Waals surface area contributed by atoms with E-state index in [1.165, 1.54) is 0 Å². The van der Waals surface area contributed by atoms with Gasteiger partial charge in [-0.3, -0.25) is 0 Å². The Bertz CT molecular complexity index is 485. The molecule has 0 saturated heterocycles. The van der Waals surface area contributed by atoms with Gasteiger partial charge in [0.15, 0.2) is 5.65 Å². The van der Waals surface area contributed by atoms with Crippen molar-refractivity contribution in [1.82, 2.24) is 19.9 Å². The van der Waals surface area contributed by atoms with Gasteiger partial charge < -0.3 is 19.8 Å². The number of ether oxygens (including phenoxy) is 2. The summed E-state index contributed by atoms with van der Waals surface area (Å²) in [5.74, 6) is 0.999. The average Bonchev–Trinajstić information content (AvgIpc) is 2.82. The maximum Gasteiger partial charge on any atom is 0.245 e. The van der Waals surface area contributed by atoms with Crippen LogP contribution < -0.4 is 10.1 Å². The van der Waals surface area contributed by atoms with E-state index < -0.39 is 0 Å². The number of H-pyrrole nitrogens is 1. The van der Waals surface area contributed by atoms with Crippen molar-refractivity contribution in [3.8, 4) is 5.88 Å². The zero-order valence-electron chi connectivity index (χ0n) is 9.86. The average molecular weight is 237 g/mol. The summed E-state index contributed by atoms with van der Waals surface area (Å²) in [5, 5.41) is 2.87. The van der Waals surface area contributed by atoms with Crippen molar-refractivity contribution in [2.24, 2.45) is 0 Å². The van der Waals surface area contributed by atoms with E-state index in [1.807, 2.05) is 0 Å². The van der Waals surface area contributed by atoms with E-state index in [-0.39, 0.29) is 0 Å². The first-order valence-corrected chi connectivity index (χ1v) is 5.35. The highest BCUT2D eigenvalue weighted by Gasteiger charge is 2.10. The molecule has 0 aliphatic carbocycles. The van der Waals surface area contributed by atoms with E-state index >= 15 is 0 Å². The number of hydrogen-bond acceptors (Lipinski definition) is 6. The van der Waals surface area contributed by atoms with Crippen LogP contribution in [0.15, 0.2) is 6.33 Å². The van der Waals surface area contributed by atoms with Gasteiger partial charge in [0, 0.05) is 27.2 Å². The third-order valence-corrected chi connectivity index (χ3v) is 2.21. The number of aromatic amines is 1. The molecule has 0 unspecified atom stereocenters. The van der Waals surface area contributed by atoms with Crippen LogP contribution in [0.1, 0.15) is 6.42 Å². The zero-order chi connectivity index (χ0) is 12.1. The van der Waals surface area contributed by atoms with Crippen LogP contribution >= 0.6 is 0 Å². The van der Waals surface area contributed by atoms with Gasteiger partial charge in [-0.05, 0) is 0 Å². The Morgan fingerprint density at radius 3 is 3.00 bits per heavy atom. The standard InChI is InChI=1S/C10H15N5O2/c1-11-10-14-8-7(12-6-13-8)9(15-10)17-5-3-4-16-2/h6H,3-5H2,1-2H3,(H2,11,12,13,14,15). The first-order valence-electron chi connectivity index (χ1n) is 5.35. The lowest BCUT2D eigenvalue weighted by atomic mass is 10.5. The molecule has 0 saturated carbocycles. The van der Waals surface area contributed by atoms with Crippen LogP contribution in [-0.4, -0.2) is 47.3 Å². The second-order valence-corrected chi connectivity index (χ2v) is 3.40. The smallest absolute Gasteiger partial charge is 0.245 e. The Morgan fingerprint density at radius 2 is 2.24 bits per heavy atom. The molecule has 0 spiro atoms. The van der Waals surface area contributed by atoms with E-state index in [0.717, 1.165) is 6.42 Å². The Kier molecular flexibility index (Phi) is 3.71. The molecule has 17 heavy (non-hydrogen) atoms. The predicted molar refractivity (Wildman–Crippen MR) is 63.2 cm³/mol. The van der Waals surface area contributed by atoms with Crippen molar-refractivity contribution in [2.75, 3.05) is 32.7 Å². The zero-order valence-corrected chi connectivity index (χ0v) is 9.86. The van der Waals surface area contributed by atoms with Crippen LogP contribution in [0.2, 0.25) is 0 Å². The number of aromatic nitrogens is 4. The number of imidazole rings is 1. The number of nitrogens with one attached hydrogen (secondary N) is 2. The van der Waals surface area contributed by atoms with E-state index in [4.69, 9.17) is 9.47 Å². The molecule has 0 aliphatic rings. The molecule has 2 aromatic rings. The van der Waals surface area contributed by atoms with Crippen molar-refractivity contribution in [1.29, 1.82) is 0 Å². The molecule has 2 heterocycles. The maximum absolute atomic E-state index is 5.58. The molecule has 0 aliphatic heterocycles. The quantitative estimate of drug-likeness (QED) is 0.723. The monoisotopic (exact) mass is 237 g/mol. The van der Waals surface area contributed by atoms with Gasteiger partial charge in [-0.1, -0.05) is 0 Å². The molecule has 2 N–H and O–H groups in total. The summed E-state index contributed by atoms with van der Waals surface area (Å²) >= 11 is 0. The first kappa shape index (κ1) is 11.6. The summed E-state index contributed by atoms with van der Waals surface area (Å²) < 4.78 is 10.5. The van der Waals surface area contributed by atoms with Crippen molar-refractivity contribution >= 4 is 17.1 Å². The molecular formula is C10H15N5O2. The normalized spacial score (nSPS) is 10.7. The Morgan fingerprint density at radius 1 is 1.35 bits per heavy atom. The third kappa shape index (κ3) is 2.62. The summed E-state index contributed by atoms with van der Waals surface area (Å²) in [6.07, 6.45) is 2.38. The molecule has 0 atom stereocenters. The van der Waals surface area contributed by atoms with Crippen LogP contribution in [0.5, 0.6) is 5.88 Å². The van der Waals surface area contributed by atoms with E-state index in [0.29, 0.717) is 36.2 Å². The molecule has 0 amide bonds. The second-order valence-electron chi connectivity index (χ2n) is 3.40. The lowest BCUT2D eigenvalue weighted by Crippen LogP contribution is -2.05. The van der Waals surface area contributed by atoms with Crippen LogP contribution in [0, 0.1) is 0 Å². The summed E-state index contributed by atoms with van der Waals surface area (Å²) in [6, 6.07) is 0. The van der Waals surface area contributed by atoms with Gasteiger partial charge in [0.05, 0.1) is 12.9 Å². The summed E-state index contributed by atoms with van der Waals surface area (Å²) in [4.78, 5) is 15.5. The largest absolute Gasteiger partial charge is 0.476 e. The van der Waals surface area contributed by atoms with E-state index in [2.05, 4.69) is 25.3 Å². The molecule has 0 aromatic carbocycles. The number of methoxy groups -OCH3 is 1. The minimum Gasteiger partial charge on any atom is -0.476 e. The summed E-state index contributed by atoms with van der Waals surface area (Å²) in [5.41, 5.74) is 1.30. The summed E-state index contributed by atoms with van der Waals surface area (Å²) in [7, 11) is 3.42. The van der Waals surface area contributed by atoms with E-state index in [1.54, 1.807) is 20.5 Å². The van der Waals surface area contributed by atoms with Crippen LogP contribution in [0.4, 0.5) is 5.95 Å². The molecule has 0 radical (unpaired) electrons. The molecule has 0 bridgehead atoms. The van der Waals surface area contributed by atoms with Gasteiger partial charge in [-0.25, -0.2) is 4.98 Å². The Balaban J connectivity index is 2.16. The number of nitrogens with zero attached hydrogens (tertiary/aromatic N) is 3. The molecule has 2 aromatic heterocycles. The second kappa shape index (κ2) is 5.44. The summed E-state index contributed by atoms with van der Waals surface area (Å²) in [6.45, 7) is 1.21. The first-order chi connectivity index (χ1) is 8.35. The van der Waals surface area contributed by atoms with Gasteiger partial charge in [0.25, 0.3) is 0 Å². The fourth-order valence-corrected chi connectivity index (χ4v) is 1.39.